The lowest BCUT2D eigenvalue weighted by Crippen LogP contribution is -2.49. The van der Waals surface area contributed by atoms with E-state index < -0.39 is 62.3 Å². The van der Waals surface area contributed by atoms with Gasteiger partial charge in [0, 0.05) is 39.5 Å². The Morgan fingerprint density at radius 3 is 2.43 bits per heavy atom. The van der Waals surface area contributed by atoms with E-state index in [0.29, 0.717) is 0 Å². The number of hydrogen-bond donors (Lipinski definition) is 3. The molecule has 1 aliphatic carbocycles. The molecule has 170 valence electrons. The van der Waals surface area contributed by atoms with Gasteiger partial charge in [-0.15, -0.1) is 0 Å². The van der Waals surface area contributed by atoms with Gasteiger partial charge in [-0.05, 0) is 13.3 Å². The third kappa shape index (κ3) is 4.14. The minimum absolute atomic E-state index is 0.220. The van der Waals surface area contributed by atoms with Crippen molar-refractivity contribution in [2.24, 2.45) is 5.92 Å². The van der Waals surface area contributed by atoms with Gasteiger partial charge >= 0.3 is 21.1 Å². The predicted octanol–water partition coefficient (Wildman–Crippen LogP) is 0.191. The van der Waals surface area contributed by atoms with Gasteiger partial charge in [0.25, 0.3) is 5.56 Å². The van der Waals surface area contributed by atoms with Crippen molar-refractivity contribution in [1.82, 2.24) is 9.55 Å². The molecule has 2 heterocycles. The molecule has 13 nitrogen and oxygen atoms in total. The summed E-state index contributed by atoms with van der Waals surface area (Å²) in [5.41, 5.74) is -3.88. The lowest BCUT2D eigenvalue weighted by molar-refractivity contribution is -0.0803. The monoisotopic (exact) mass is 470 g/mol. The van der Waals surface area contributed by atoms with Crippen molar-refractivity contribution in [3.05, 3.63) is 33.1 Å². The van der Waals surface area contributed by atoms with E-state index in [-0.39, 0.29) is 6.42 Å². The summed E-state index contributed by atoms with van der Waals surface area (Å²) < 4.78 is 51.6. The molecule has 0 amide bonds. The lowest BCUT2D eigenvalue weighted by atomic mass is 9.91. The van der Waals surface area contributed by atoms with Crippen LogP contribution in [0.4, 0.5) is 0 Å². The minimum Gasteiger partial charge on any atom is -0.374 e. The average molecular weight is 470 g/mol. The Kier molecular flexibility index (Phi) is 6.34. The highest BCUT2D eigenvalue weighted by Crippen LogP contribution is 2.66. The smallest absolute Gasteiger partial charge is 0.374 e. The Balaban J connectivity index is 2.05. The first kappa shape index (κ1) is 23.5. The maximum Gasteiger partial charge on any atom is 0.472 e. The second-order valence-electron chi connectivity index (χ2n) is 7.26. The van der Waals surface area contributed by atoms with E-state index in [1.54, 1.807) is 0 Å². The van der Waals surface area contributed by atoms with Gasteiger partial charge in [0.15, 0.2) is 6.23 Å². The molecular weight excluding hydrogens is 446 g/mol. The molecule has 0 bridgehead atoms. The molecule has 1 aromatic heterocycles. The highest BCUT2D eigenvalue weighted by atomic mass is 31.2. The zero-order valence-corrected chi connectivity index (χ0v) is 18.4. The number of H-pyrrole nitrogens is 1. The SMILES string of the molecule is COC1[C@H](n2ccc(=O)[nH]c2=O)O[C@H](C2CC2P(=O)(O)OC)[C@@]1(C)OP(=O)(O)OC. The Morgan fingerprint density at radius 1 is 1.23 bits per heavy atom. The lowest BCUT2D eigenvalue weighted by Gasteiger charge is -2.35. The summed E-state index contributed by atoms with van der Waals surface area (Å²) in [7, 11) is -5.14. The summed E-state index contributed by atoms with van der Waals surface area (Å²) >= 11 is 0. The van der Waals surface area contributed by atoms with Crippen LogP contribution >= 0.6 is 15.4 Å². The molecule has 5 unspecified atom stereocenters. The van der Waals surface area contributed by atoms with Gasteiger partial charge in [0.05, 0.1) is 11.8 Å². The number of rotatable bonds is 8. The molecule has 1 aromatic rings. The Morgan fingerprint density at radius 2 is 1.90 bits per heavy atom. The molecule has 30 heavy (non-hydrogen) atoms. The van der Waals surface area contributed by atoms with Crippen LogP contribution in [0.3, 0.4) is 0 Å². The molecule has 0 aromatic carbocycles. The van der Waals surface area contributed by atoms with E-state index in [4.69, 9.17) is 18.5 Å². The maximum atomic E-state index is 12.3. The zero-order valence-electron chi connectivity index (χ0n) is 16.7. The Hall–Kier alpha value is -1.14. The van der Waals surface area contributed by atoms with Crippen LogP contribution in [0.2, 0.25) is 0 Å². The highest BCUT2D eigenvalue weighted by molar-refractivity contribution is 7.54. The summed E-state index contributed by atoms with van der Waals surface area (Å²) in [6.07, 6.45) is -1.93. The molecule has 0 radical (unpaired) electrons. The number of nitrogens with one attached hydrogen (secondary N) is 1. The standard InChI is InChI=1S/C15H24N2O11P2/c1-15(28-30(22,23)26-4)11(8-7-9(8)29(20,21)25-3)27-13(12(15)24-2)17-6-5-10(18)16-14(17)19/h5-6,8-9,11-13H,7H2,1-4H3,(H,20,21)(H,22,23)(H,16,18,19)/t8?,9?,11-,12?,13-,15-/m1/s1. The first-order valence-corrected chi connectivity index (χ1v) is 12.0. The van der Waals surface area contributed by atoms with Gasteiger partial charge in [-0.2, -0.15) is 0 Å². The third-order valence-electron chi connectivity index (χ3n) is 5.47. The Labute approximate surface area is 171 Å². The number of methoxy groups -OCH3 is 1. The van der Waals surface area contributed by atoms with Gasteiger partial charge in [-0.25, -0.2) is 9.36 Å². The number of ether oxygens (including phenoxy) is 2. The number of hydrogen-bond acceptors (Lipinski definition) is 9. The second-order valence-corrected chi connectivity index (χ2v) is 10.9. The average Bonchev–Trinajstić information content (AvgIpc) is 3.41. The molecule has 15 heteroatoms. The van der Waals surface area contributed by atoms with E-state index in [2.05, 4.69) is 9.51 Å². The number of aromatic nitrogens is 2. The van der Waals surface area contributed by atoms with Crippen molar-refractivity contribution in [3.8, 4) is 0 Å². The van der Waals surface area contributed by atoms with Crippen molar-refractivity contribution < 1.29 is 42.0 Å². The van der Waals surface area contributed by atoms with Crippen LogP contribution in [-0.2, 0) is 32.2 Å². The maximum absolute atomic E-state index is 12.3. The fourth-order valence-corrected chi connectivity index (χ4v) is 6.14. The van der Waals surface area contributed by atoms with Gasteiger partial charge in [-0.3, -0.25) is 28.0 Å². The van der Waals surface area contributed by atoms with Crippen LogP contribution < -0.4 is 11.2 Å². The highest BCUT2D eigenvalue weighted by Gasteiger charge is 2.67. The quantitative estimate of drug-likeness (QED) is 0.442. The van der Waals surface area contributed by atoms with Crippen LogP contribution in [0.1, 0.15) is 19.6 Å². The summed E-state index contributed by atoms with van der Waals surface area (Å²) in [6, 6.07) is 1.10. The number of phosphoric ester groups is 1. The van der Waals surface area contributed by atoms with Crippen molar-refractivity contribution in [2.75, 3.05) is 21.3 Å². The molecular formula is C15H24N2O11P2. The largest absolute Gasteiger partial charge is 0.472 e. The second kappa shape index (κ2) is 8.09. The topological polar surface area (TPSA) is 176 Å². The molecule has 1 saturated carbocycles. The van der Waals surface area contributed by atoms with Crippen molar-refractivity contribution in [3.63, 3.8) is 0 Å². The van der Waals surface area contributed by atoms with Gasteiger partial charge < -0.3 is 23.8 Å². The van der Waals surface area contributed by atoms with E-state index in [1.165, 1.54) is 20.2 Å². The Bertz CT molecular complexity index is 1010. The van der Waals surface area contributed by atoms with E-state index in [0.717, 1.165) is 24.9 Å². The van der Waals surface area contributed by atoms with E-state index in [1.807, 2.05) is 0 Å². The molecule has 8 atom stereocenters. The summed E-state index contributed by atoms with van der Waals surface area (Å²) in [5, 5.41) is 0. The number of nitrogens with zero attached hydrogens (tertiary/aromatic N) is 1. The van der Waals surface area contributed by atoms with Crippen LogP contribution in [0.25, 0.3) is 0 Å². The minimum atomic E-state index is -4.56. The van der Waals surface area contributed by atoms with E-state index >= 15 is 0 Å². The van der Waals surface area contributed by atoms with Crippen LogP contribution in [0.5, 0.6) is 0 Å². The van der Waals surface area contributed by atoms with E-state index in [9.17, 15) is 28.5 Å². The molecule has 0 spiro atoms. The van der Waals surface area contributed by atoms with Crippen LogP contribution in [-0.4, -0.2) is 64.1 Å². The first-order valence-electron chi connectivity index (χ1n) is 8.87. The normalized spacial score (nSPS) is 37.5. The van der Waals surface area contributed by atoms with Gasteiger partial charge in [0.1, 0.15) is 11.7 Å². The fourth-order valence-electron chi connectivity index (χ4n) is 3.94. The van der Waals surface area contributed by atoms with Gasteiger partial charge in [-0.1, -0.05) is 0 Å². The zero-order chi connectivity index (χ0) is 22.5. The first-order chi connectivity index (χ1) is 13.9. The third-order valence-corrected chi connectivity index (χ3v) is 8.51. The van der Waals surface area contributed by atoms with Crippen LogP contribution in [0.15, 0.2) is 21.9 Å². The molecule has 2 aliphatic rings. The van der Waals surface area contributed by atoms with Crippen molar-refractivity contribution in [2.45, 2.75) is 43.0 Å². The molecule has 1 saturated heterocycles. The summed E-state index contributed by atoms with van der Waals surface area (Å²) in [4.78, 5) is 45.8. The number of aromatic amines is 1. The predicted molar refractivity (Wildman–Crippen MR) is 101 cm³/mol. The van der Waals surface area contributed by atoms with Crippen molar-refractivity contribution in [1.29, 1.82) is 0 Å². The molecule has 1 aliphatic heterocycles. The van der Waals surface area contributed by atoms with Gasteiger partial charge in [0.2, 0.25) is 0 Å². The molecule has 3 rings (SSSR count). The van der Waals surface area contributed by atoms with Crippen LogP contribution in [0, 0.1) is 5.92 Å². The fraction of sp³-hybridized carbons (Fsp3) is 0.733. The number of phosphoric acid groups is 1. The molecule has 2 fully saturated rings. The summed E-state index contributed by atoms with van der Waals surface area (Å²) in [5.74, 6) is -0.594. The molecule has 3 N–H and O–H groups in total. The summed E-state index contributed by atoms with van der Waals surface area (Å²) in [6.45, 7) is 1.43. The van der Waals surface area contributed by atoms with Crippen molar-refractivity contribution >= 4 is 15.4 Å².